The first-order valence-corrected chi connectivity index (χ1v) is 24.2. The number of fused-ring (bicyclic) bond motifs is 7. The number of benzene rings is 11. The molecule has 0 saturated carbocycles. The molecule has 326 valence electrons. The quantitative estimate of drug-likeness (QED) is 0.148. The Morgan fingerprint density at radius 1 is 0.243 bits per heavy atom. The van der Waals surface area contributed by atoms with Gasteiger partial charge >= 0.3 is 0 Å². The van der Waals surface area contributed by atoms with Crippen molar-refractivity contribution in [3.8, 4) is 50.2 Å². The maximum absolute atomic E-state index is 2.53. The second-order valence-electron chi connectivity index (χ2n) is 18.5. The van der Waals surface area contributed by atoms with E-state index in [1.807, 2.05) is 0 Å². The van der Waals surface area contributed by atoms with E-state index in [1.165, 1.54) is 83.0 Å². The van der Waals surface area contributed by atoms with Gasteiger partial charge in [-0.1, -0.05) is 206 Å². The smallest absolute Gasteiger partial charge is 0.252 e. The minimum absolute atomic E-state index is 0.0798. The Morgan fingerprint density at radius 3 is 0.943 bits per heavy atom. The summed E-state index contributed by atoms with van der Waals surface area (Å²) in [7, 11) is 0. The van der Waals surface area contributed by atoms with E-state index in [0.717, 1.165) is 39.5 Å². The van der Waals surface area contributed by atoms with Crippen LogP contribution in [-0.4, -0.2) is 11.3 Å². The summed E-state index contributed by atoms with van der Waals surface area (Å²) < 4.78 is 2.53. The van der Waals surface area contributed by atoms with Crippen molar-refractivity contribution in [1.29, 1.82) is 0 Å². The lowest BCUT2D eigenvalue weighted by molar-refractivity contribution is 1.16. The highest BCUT2D eigenvalue weighted by atomic mass is 15.2. The fourth-order valence-corrected chi connectivity index (χ4v) is 11.4. The first-order chi connectivity index (χ1) is 34.7. The Bertz CT molecular complexity index is 3680. The van der Waals surface area contributed by atoms with Crippen molar-refractivity contribution in [2.24, 2.45) is 0 Å². The van der Waals surface area contributed by atoms with Gasteiger partial charge < -0.3 is 14.4 Å². The molecule has 2 aliphatic heterocycles. The van der Waals surface area contributed by atoms with E-state index in [4.69, 9.17) is 0 Å². The van der Waals surface area contributed by atoms with Gasteiger partial charge in [0, 0.05) is 44.9 Å². The molecule has 70 heavy (non-hydrogen) atoms. The summed E-state index contributed by atoms with van der Waals surface area (Å²) in [4.78, 5) is 5.05. The average molecular weight is 890 g/mol. The van der Waals surface area contributed by atoms with Gasteiger partial charge in [0.25, 0.3) is 6.71 Å². The molecule has 4 heteroatoms. The number of hydrogen-bond donors (Lipinski definition) is 0. The monoisotopic (exact) mass is 889 g/mol. The third kappa shape index (κ3) is 6.45. The predicted octanol–water partition coefficient (Wildman–Crippen LogP) is 15.5. The lowest BCUT2D eigenvalue weighted by Gasteiger charge is -2.44. The van der Waals surface area contributed by atoms with Gasteiger partial charge in [0.05, 0.1) is 16.7 Å². The Hall–Kier alpha value is -9.12. The van der Waals surface area contributed by atoms with Gasteiger partial charge in [0.1, 0.15) is 0 Å². The highest BCUT2D eigenvalue weighted by Crippen LogP contribution is 2.47. The van der Waals surface area contributed by atoms with E-state index in [0.29, 0.717) is 0 Å². The molecule has 0 radical (unpaired) electrons. The van der Waals surface area contributed by atoms with Crippen molar-refractivity contribution in [3.63, 3.8) is 0 Å². The van der Waals surface area contributed by atoms with Crippen LogP contribution in [0, 0.1) is 0 Å². The van der Waals surface area contributed by atoms with Crippen LogP contribution in [0.25, 0.3) is 72.0 Å². The largest absolute Gasteiger partial charge is 0.311 e. The minimum atomic E-state index is -0.0798. The summed E-state index contributed by atoms with van der Waals surface area (Å²) >= 11 is 0. The molecule has 0 bridgehead atoms. The Labute approximate surface area is 408 Å². The number of aromatic nitrogens is 1. The second-order valence-corrected chi connectivity index (χ2v) is 18.5. The third-order valence-electron chi connectivity index (χ3n) is 14.5. The SMILES string of the molecule is c1ccc(-c2ccc3c(c2)B2c4cc(-c5ccccc5)ccc4N(c4ccccc4)c4cc(-n5c6cc(-c7ccccc7)ccc6c6ccc(-c7ccccc7)cc65)cc(c42)N3c2ccccc2)cc1. The van der Waals surface area contributed by atoms with Crippen molar-refractivity contribution in [3.05, 3.63) is 267 Å². The Balaban J connectivity index is 1.12. The highest BCUT2D eigenvalue weighted by molar-refractivity contribution is 7.00. The molecule has 14 rings (SSSR count). The zero-order valence-electron chi connectivity index (χ0n) is 38.3. The van der Waals surface area contributed by atoms with Gasteiger partial charge in [0.2, 0.25) is 0 Å². The lowest BCUT2D eigenvalue weighted by atomic mass is 9.33. The maximum Gasteiger partial charge on any atom is 0.252 e. The molecule has 2 aliphatic rings. The van der Waals surface area contributed by atoms with Gasteiger partial charge in [-0.3, -0.25) is 0 Å². The van der Waals surface area contributed by atoms with E-state index in [-0.39, 0.29) is 6.71 Å². The van der Waals surface area contributed by atoms with Crippen molar-refractivity contribution in [2.75, 3.05) is 9.80 Å². The normalized spacial score (nSPS) is 12.5. The van der Waals surface area contributed by atoms with Crippen LogP contribution in [-0.2, 0) is 0 Å². The van der Waals surface area contributed by atoms with E-state index in [1.54, 1.807) is 0 Å². The third-order valence-corrected chi connectivity index (χ3v) is 14.5. The topological polar surface area (TPSA) is 11.4 Å². The van der Waals surface area contributed by atoms with E-state index >= 15 is 0 Å². The summed E-state index contributed by atoms with van der Waals surface area (Å²) in [5, 5.41) is 2.44. The van der Waals surface area contributed by atoms with Gasteiger partial charge in [0.15, 0.2) is 0 Å². The summed E-state index contributed by atoms with van der Waals surface area (Å²) in [6.07, 6.45) is 0. The van der Waals surface area contributed by atoms with E-state index in [9.17, 15) is 0 Å². The summed E-state index contributed by atoms with van der Waals surface area (Å²) in [5.41, 5.74) is 23.7. The molecule has 3 nitrogen and oxygen atoms in total. The van der Waals surface area contributed by atoms with Gasteiger partial charge in [-0.15, -0.1) is 0 Å². The zero-order valence-corrected chi connectivity index (χ0v) is 38.3. The molecule has 0 spiro atoms. The molecule has 12 aromatic rings. The van der Waals surface area contributed by atoms with E-state index in [2.05, 4.69) is 281 Å². The van der Waals surface area contributed by atoms with Crippen molar-refractivity contribution >= 4 is 79.0 Å². The standard InChI is InChI=1S/C66H44BN3/c1-7-19-45(20-8-1)49-33-37-60-58(39-49)67-59-40-50(46-21-9-2-10-22-46)34-38-61(59)69(54-29-17-6-18-30-54)65-44-55(43-64(66(65)67)68(60)53-27-15-5-16-28-53)70-62-41-51(47-23-11-3-12-24-47)31-35-56(62)57-36-32-52(42-63(57)70)48-25-13-4-14-26-48/h1-44H. The molecular weight excluding hydrogens is 846 g/mol. The molecule has 1 aromatic heterocycles. The average Bonchev–Trinajstić information content (AvgIpc) is 3.77. The first kappa shape index (κ1) is 40.0. The molecule has 0 saturated heterocycles. The maximum atomic E-state index is 2.53. The van der Waals surface area contributed by atoms with Crippen LogP contribution < -0.4 is 26.2 Å². The van der Waals surface area contributed by atoms with Crippen LogP contribution in [0.4, 0.5) is 34.1 Å². The molecule has 0 aliphatic carbocycles. The van der Waals surface area contributed by atoms with Crippen molar-refractivity contribution in [2.45, 2.75) is 0 Å². The van der Waals surface area contributed by atoms with Crippen LogP contribution in [0.1, 0.15) is 0 Å². The molecule has 0 fully saturated rings. The number of rotatable bonds is 7. The molecule has 0 N–H and O–H groups in total. The van der Waals surface area contributed by atoms with Crippen LogP contribution in [0.2, 0.25) is 0 Å². The molecular formula is C66H44BN3. The second kappa shape index (κ2) is 16.3. The number of para-hydroxylation sites is 2. The number of nitrogens with zero attached hydrogens (tertiary/aromatic N) is 3. The van der Waals surface area contributed by atoms with Crippen LogP contribution in [0.5, 0.6) is 0 Å². The van der Waals surface area contributed by atoms with Gasteiger partial charge in [-0.05, 0) is 122 Å². The minimum Gasteiger partial charge on any atom is -0.311 e. The first-order valence-electron chi connectivity index (χ1n) is 24.2. The fourth-order valence-electron chi connectivity index (χ4n) is 11.4. The summed E-state index contributed by atoms with van der Waals surface area (Å²) in [6.45, 7) is -0.0798. The lowest BCUT2D eigenvalue weighted by Crippen LogP contribution is -2.61. The molecule has 3 heterocycles. The number of anilines is 6. The van der Waals surface area contributed by atoms with Crippen LogP contribution in [0.3, 0.4) is 0 Å². The predicted molar refractivity (Wildman–Crippen MR) is 297 cm³/mol. The van der Waals surface area contributed by atoms with Crippen LogP contribution in [0.15, 0.2) is 267 Å². The van der Waals surface area contributed by atoms with Crippen molar-refractivity contribution < 1.29 is 0 Å². The molecule has 11 aromatic carbocycles. The Morgan fingerprint density at radius 2 is 0.571 bits per heavy atom. The summed E-state index contributed by atoms with van der Waals surface area (Å²) in [5.74, 6) is 0. The van der Waals surface area contributed by atoms with Gasteiger partial charge in [-0.2, -0.15) is 0 Å². The molecule has 0 amide bonds. The van der Waals surface area contributed by atoms with E-state index < -0.39 is 0 Å². The number of hydrogen-bond acceptors (Lipinski definition) is 2. The summed E-state index contributed by atoms with van der Waals surface area (Å²) in [6, 6.07) is 98.3. The molecule has 0 atom stereocenters. The molecule has 0 unspecified atom stereocenters. The Kier molecular flexibility index (Phi) is 9.31. The fraction of sp³-hybridized carbons (Fsp3) is 0. The highest BCUT2D eigenvalue weighted by Gasteiger charge is 2.44. The van der Waals surface area contributed by atoms with Gasteiger partial charge in [-0.25, -0.2) is 0 Å². The van der Waals surface area contributed by atoms with Crippen LogP contribution >= 0.6 is 0 Å². The zero-order chi connectivity index (χ0) is 46.1. The van der Waals surface area contributed by atoms with Crippen molar-refractivity contribution in [1.82, 2.24) is 4.57 Å².